The van der Waals surface area contributed by atoms with Crippen molar-refractivity contribution in [2.45, 2.75) is 152 Å². The maximum Gasteiger partial charge on any atom is 0.162 e. The van der Waals surface area contributed by atoms with Crippen molar-refractivity contribution >= 4 is 0 Å². The van der Waals surface area contributed by atoms with Gasteiger partial charge < -0.3 is 0 Å². The molecule has 0 spiro atoms. The van der Waals surface area contributed by atoms with E-state index in [4.69, 9.17) is 0 Å². The van der Waals surface area contributed by atoms with Crippen molar-refractivity contribution in [2.24, 2.45) is 0 Å². The van der Waals surface area contributed by atoms with Crippen LogP contribution in [0.1, 0.15) is 188 Å². The van der Waals surface area contributed by atoms with Crippen LogP contribution in [0.4, 0.5) is 30.7 Å². The highest BCUT2D eigenvalue weighted by Gasteiger charge is 2.11. The fourth-order valence-electron chi connectivity index (χ4n) is 6.72. The quantitative estimate of drug-likeness (QED) is 0.140. The van der Waals surface area contributed by atoms with E-state index in [1.165, 1.54) is 53.1 Å². The molecule has 0 fully saturated rings. The molecule has 0 saturated carbocycles. The van der Waals surface area contributed by atoms with Crippen LogP contribution in [-0.2, 0) is 0 Å². The van der Waals surface area contributed by atoms with Crippen molar-refractivity contribution < 1.29 is 30.7 Å². The molecule has 7 aromatic carbocycles. The molecule has 0 nitrogen and oxygen atoms in total. The van der Waals surface area contributed by atoms with E-state index < -0.39 is 23.3 Å². The smallest absolute Gasteiger partial charge is 0.162 e. The number of hydrogen-bond acceptors (Lipinski definition) is 0. The van der Waals surface area contributed by atoms with E-state index in [1.54, 1.807) is 50.2 Å². The highest BCUT2D eigenvalue weighted by atomic mass is 19.2. The summed E-state index contributed by atoms with van der Waals surface area (Å²) in [6, 6.07) is 46.2. The van der Waals surface area contributed by atoms with E-state index >= 15 is 0 Å². The Balaban J connectivity index is 0.000000420. The molecule has 7 rings (SSSR count). The molecule has 390 valence electrons. The summed E-state index contributed by atoms with van der Waals surface area (Å²) in [5, 5.41) is 0. The average Bonchev–Trinajstić information content (AvgIpc) is 3.31. The summed E-state index contributed by atoms with van der Waals surface area (Å²) in [5.41, 5.74) is 8.70. The Labute approximate surface area is 429 Å². The Morgan fingerprint density at radius 1 is 0.264 bits per heavy atom. The lowest BCUT2D eigenvalue weighted by Crippen LogP contribution is -1.96. The monoisotopic (exact) mass is 995 g/mol. The summed E-state index contributed by atoms with van der Waals surface area (Å²) < 4.78 is 89.3. The Bertz CT molecular complexity index is 2510. The van der Waals surface area contributed by atoms with Gasteiger partial charge in [-0.2, -0.15) is 0 Å². The SMILES string of the molecule is CC(C)c1c(F)cccc1F.CC(C)c1cccc(F)c1.CC(C)c1cccc(F)c1F.CC(C)c1ccccc1.CC(C)c1ccccc1F.Cc1cc(F)cc(C(C)C)c1.Cc1ccc(C(C)C)cc1. The molecule has 0 aromatic heterocycles. The second-order valence-corrected chi connectivity index (χ2v) is 19.8. The molecular formula is C65H81F7. The van der Waals surface area contributed by atoms with E-state index in [9.17, 15) is 30.7 Å². The molecule has 0 saturated heterocycles. The molecule has 7 aromatic rings. The predicted octanol–water partition coefficient (Wildman–Crippen LogP) is 21.3. The van der Waals surface area contributed by atoms with E-state index in [0.29, 0.717) is 29.2 Å². The van der Waals surface area contributed by atoms with Crippen molar-refractivity contribution in [3.05, 3.63) is 249 Å². The van der Waals surface area contributed by atoms with Crippen LogP contribution < -0.4 is 0 Å². The van der Waals surface area contributed by atoms with Crippen LogP contribution in [0, 0.1) is 54.6 Å². The molecule has 0 radical (unpaired) electrons. The van der Waals surface area contributed by atoms with Gasteiger partial charge in [0.15, 0.2) is 11.6 Å². The molecule has 0 aliphatic heterocycles. The van der Waals surface area contributed by atoms with E-state index in [0.717, 1.165) is 28.3 Å². The van der Waals surface area contributed by atoms with Crippen molar-refractivity contribution in [3.63, 3.8) is 0 Å². The van der Waals surface area contributed by atoms with Crippen LogP contribution in [-0.4, -0.2) is 0 Å². The van der Waals surface area contributed by atoms with Crippen molar-refractivity contribution in [1.29, 1.82) is 0 Å². The Morgan fingerprint density at radius 2 is 0.667 bits per heavy atom. The first-order valence-corrected chi connectivity index (χ1v) is 25.0. The molecule has 0 atom stereocenters. The lowest BCUT2D eigenvalue weighted by molar-refractivity contribution is 0.494. The van der Waals surface area contributed by atoms with Gasteiger partial charge >= 0.3 is 0 Å². The van der Waals surface area contributed by atoms with Crippen LogP contribution in [0.2, 0.25) is 0 Å². The molecule has 0 N–H and O–H groups in total. The zero-order chi connectivity index (χ0) is 54.7. The summed E-state index contributed by atoms with van der Waals surface area (Å²) in [6.07, 6.45) is 0. The first kappa shape index (κ1) is 64.1. The first-order chi connectivity index (χ1) is 33.8. The number of hydrogen-bond donors (Lipinski definition) is 0. The minimum absolute atomic E-state index is 0.0331. The fraction of sp³-hybridized carbons (Fsp3) is 0.354. The Kier molecular flexibility index (Phi) is 29.9. The number of halogens is 7. The molecule has 0 unspecified atom stereocenters. The minimum atomic E-state index is -0.767. The number of rotatable bonds is 7. The minimum Gasteiger partial charge on any atom is -0.207 e. The van der Waals surface area contributed by atoms with Gasteiger partial charge in [-0.1, -0.05) is 212 Å². The van der Waals surface area contributed by atoms with E-state index in [1.807, 2.05) is 65.0 Å². The topological polar surface area (TPSA) is 0 Å². The standard InChI is InChI=1S/C10H13F.C10H14.2C9H10F2.2C9H11F.C9H12/c1-7(2)9-4-8(3)5-10(11)6-9;1-8(2)10-6-4-9(3)5-7-10;1-6(2)9-7(10)4-3-5-8(9)11;1-6(2)7-4-3-5-8(10)9(7)11;1-7(2)8-4-3-5-9(10)6-8;1-7(2)8-5-3-4-6-9(8)10;1-8(2)9-6-4-3-5-7-9/h4-7H,1-3H3;4-8H,1-3H3;2*3-6H,1-2H3;2*3-7H,1-2H3;3-8H,1-2H3. The van der Waals surface area contributed by atoms with Crippen molar-refractivity contribution in [1.82, 2.24) is 0 Å². The molecule has 0 heterocycles. The summed E-state index contributed by atoms with van der Waals surface area (Å²) in [4.78, 5) is 0. The van der Waals surface area contributed by atoms with Gasteiger partial charge in [0.25, 0.3) is 0 Å². The third kappa shape index (κ3) is 24.9. The molecule has 0 aliphatic rings. The van der Waals surface area contributed by atoms with Gasteiger partial charge in [0.05, 0.1) is 0 Å². The molecular weight excluding hydrogens is 914 g/mol. The largest absolute Gasteiger partial charge is 0.207 e. The maximum atomic E-state index is 12.9. The van der Waals surface area contributed by atoms with Gasteiger partial charge in [0.1, 0.15) is 29.1 Å². The van der Waals surface area contributed by atoms with Crippen LogP contribution in [0.25, 0.3) is 0 Å². The third-order valence-electron chi connectivity index (χ3n) is 11.2. The van der Waals surface area contributed by atoms with Gasteiger partial charge in [-0.05, 0) is 143 Å². The van der Waals surface area contributed by atoms with Crippen LogP contribution >= 0.6 is 0 Å². The molecule has 0 aliphatic carbocycles. The first-order valence-electron chi connectivity index (χ1n) is 25.0. The van der Waals surface area contributed by atoms with Gasteiger partial charge in [0, 0.05) is 5.56 Å². The number of benzene rings is 7. The zero-order valence-electron chi connectivity index (χ0n) is 45.7. The van der Waals surface area contributed by atoms with Crippen molar-refractivity contribution in [2.75, 3.05) is 0 Å². The van der Waals surface area contributed by atoms with Crippen molar-refractivity contribution in [3.8, 4) is 0 Å². The fourth-order valence-corrected chi connectivity index (χ4v) is 6.72. The van der Waals surface area contributed by atoms with Crippen LogP contribution in [0.15, 0.2) is 158 Å². The van der Waals surface area contributed by atoms with Gasteiger partial charge in [0.2, 0.25) is 0 Å². The normalized spacial score (nSPS) is 10.5. The highest BCUT2D eigenvalue weighted by molar-refractivity contribution is 5.27. The van der Waals surface area contributed by atoms with E-state index in [2.05, 4.69) is 111 Å². The highest BCUT2D eigenvalue weighted by Crippen LogP contribution is 2.23. The molecule has 72 heavy (non-hydrogen) atoms. The Morgan fingerprint density at radius 3 is 1.06 bits per heavy atom. The van der Waals surface area contributed by atoms with E-state index in [-0.39, 0.29) is 40.8 Å². The maximum absolute atomic E-state index is 12.9. The lowest BCUT2D eigenvalue weighted by Gasteiger charge is -2.06. The summed E-state index contributed by atoms with van der Waals surface area (Å²) in [7, 11) is 0. The van der Waals surface area contributed by atoms with Crippen LogP contribution in [0.5, 0.6) is 0 Å². The zero-order valence-corrected chi connectivity index (χ0v) is 45.7. The van der Waals surface area contributed by atoms with Gasteiger partial charge in [-0.25, -0.2) is 30.7 Å². The van der Waals surface area contributed by atoms with Gasteiger partial charge in [-0.3, -0.25) is 0 Å². The molecule has 0 bridgehead atoms. The van der Waals surface area contributed by atoms with Crippen LogP contribution in [0.3, 0.4) is 0 Å². The second-order valence-electron chi connectivity index (χ2n) is 19.8. The number of aryl methyl sites for hydroxylation is 2. The third-order valence-corrected chi connectivity index (χ3v) is 11.2. The lowest BCUT2D eigenvalue weighted by atomic mass is 10.0. The molecule has 7 heteroatoms. The average molecular weight is 995 g/mol. The summed E-state index contributed by atoms with van der Waals surface area (Å²) in [6.45, 7) is 32.3. The second kappa shape index (κ2) is 33.7. The molecule has 0 amide bonds. The summed E-state index contributed by atoms with van der Waals surface area (Å²) in [5.74, 6) is -0.439. The summed E-state index contributed by atoms with van der Waals surface area (Å²) >= 11 is 0. The predicted molar refractivity (Wildman–Crippen MR) is 293 cm³/mol. The Hall–Kier alpha value is -5.95. The van der Waals surface area contributed by atoms with Gasteiger partial charge in [-0.15, -0.1) is 0 Å².